The third kappa shape index (κ3) is 5.94. The van der Waals surface area contributed by atoms with Crippen molar-refractivity contribution in [3.63, 3.8) is 0 Å². The molecule has 8 nitrogen and oxygen atoms in total. The van der Waals surface area contributed by atoms with Gasteiger partial charge in [0.1, 0.15) is 0 Å². The number of amides is 2. The Hall–Kier alpha value is -4.20. The molecular formula is C25H24N2O6. The summed E-state index contributed by atoms with van der Waals surface area (Å²) in [5, 5.41) is 5.62. The molecule has 1 heterocycles. The molecule has 2 N–H and O–H groups in total. The Morgan fingerprint density at radius 3 is 2.36 bits per heavy atom. The Morgan fingerprint density at radius 1 is 0.848 bits per heavy atom. The molecule has 8 heteroatoms. The van der Waals surface area contributed by atoms with Gasteiger partial charge >= 0.3 is 0 Å². The number of carbonyl (C=O) groups excluding carboxylic acids is 2. The molecule has 170 valence electrons. The van der Waals surface area contributed by atoms with E-state index in [-0.39, 0.29) is 25.2 Å². The first-order valence-corrected chi connectivity index (χ1v) is 10.4. The van der Waals surface area contributed by atoms with E-state index in [4.69, 9.17) is 18.9 Å². The highest BCUT2D eigenvalue weighted by Gasteiger charge is 2.14. The van der Waals surface area contributed by atoms with Crippen molar-refractivity contribution in [2.24, 2.45) is 0 Å². The summed E-state index contributed by atoms with van der Waals surface area (Å²) in [5.74, 6) is 2.00. The van der Waals surface area contributed by atoms with Crippen LogP contribution >= 0.6 is 0 Å². The molecule has 4 rings (SSSR count). The molecule has 0 bridgehead atoms. The van der Waals surface area contributed by atoms with E-state index in [2.05, 4.69) is 10.6 Å². The second kappa shape index (κ2) is 10.4. The minimum Gasteiger partial charge on any atom is -0.493 e. The molecule has 2 amide bonds. The van der Waals surface area contributed by atoms with Gasteiger partial charge in [-0.05, 0) is 54.4 Å². The van der Waals surface area contributed by atoms with Crippen LogP contribution in [0.15, 0.2) is 66.7 Å². The number of carbonyl (C=O) groups is 2. The van der Waals surface area contributed by atoms with E-state index < -0.39 is 0 Å². The van der Waals surface area contributed by atoms with Crippen LogP contribution in [0.3, 0.4) is 0 Å². The van der Waals surface area contributed by atoms with Gasteiger partial charge in [-0.2, -0.15) is 0 Å². The normalized spacial score (nSPS) is 11.5. The predicted molar refractivity (Wildman–Crippen MR) is 123 cm³/mol. The second-order valence-corrected chi connectivity index (χ2v) is 7.30. The van der Waals surface area contributed by atoms with Crippen LogP contribution in [0.4, 0.5) is 11.4 Å². The van der Waals surface area contributed by atoms with Crippen molar-refractivity contribution in [2.45, 2.75) is 12.8 Å². The van der Waals surface area contributed by atoms with E-state index in [1.54, 1.807) is 42.5 Å². The van der Waals surface area contributed by atoms with Crippen molar-refractivity contribution in [3.05, 3.63) is 72.3 Å². The molecule has 0 radical (unpaired) electrons. The number of hydrogen-bond acceptors (Lipinski definition) is 6. The maximum Gasteiger partial charge on any atom is 0.262 e. The molecule has 1 aliphatic rings. The zero-order chi connectivity index (χ0) is 23.0. The molecule has 0 saturated heterocycles. The van der Waals surface area contributed by atoms with Crippen LogP contribution in [0, 0.1) is 0 Å². The van der Waals surface area contributed by atoms with Gasteiger partial charge in [-0.25, -0.2) is 0 Å². The average molecular weight is 448 g/mol. The largest absolute Gasteiger partial charge is 0.493 e. The number of para-hydroxylation sites is 2. The summed E-state index contributed by atoms with van der Waals surface area (Å²) in [7, 11) is 1.54. The predicted octanol–water partition coefficient (Wildman–Crippen LogP) is 4.01. The molecule has 3 aromatic carbocycles. The fraction of sp³-hybridized carbons (Fsp3) is 0.200. The summed E-state index contributed by atoms with van der Waals surface area (Å²) < 4.78 is 21.4. The molecule has 1 aliphatic heterocycles. The molecular weight excluding hydrogens is 424 g/mol. The lowest BCUT2D eigenvalue weighted by atomic mass is 10.1. The van der Waals surface area contributed by atoms with Gasteiger partial charge in [-0.3, -0.25) is 9.59 Å². The molecule has 0 spiro atoms. The quantitative estimate of drug-likeness (QED) is 0.514. The highest BCUT2D eigenvalue weighted by atomic mass is 16.7. The van der Waals surface area contributed by atoms with E-state index in [0.29, 0.717) is 41.5 Å². The molecule has 0 saturated carbocycles. The molecule has 0 aliphatic carbocycles. The van der Waals surface area contributed by atoms with Gasteiger partial charge in [0.2, 0.25) is 12.7 Å². The van der Waals surface area contributed by atoms with Crippen molar-refractivity contribution >= 4 is 23.2 Å². The fourth-order valence-corrected chi connectivity index (χ4v) is 3.33. The number of aryl methyl sites for hydroxylation is 1. The first kappa shape index (κ1) is 22.0. The lowest BCUT2D eigenvalue weighted by molar-refractivity contribution is -0.118. The summed E-state index contributed by atoms with van der Waals surface area (Å²) in [5.41, 5.74) is 2.14. The van der Waals surface area contributed by atoms with Crippen LogP contribution in [0.5, 0.6) is 23.0 Å². The summed E-state index contributed by atoms with van der Waals surface area (Å²) in [4.78, 5) is 24.7. The molecule has 0 atom stereocenters. The SMILES string of the molecule is COc1ccccc1OCC(=O)Nc1cccc(NC(=O)CCc2ccc3c(c2)OCO3)c1. The van der Waals surface area contributed by atoms with Gasteiger partial charge in [0, 0.05) is 17.8 Å². The van der Waals surface area contributed by atoms with Gasteiger partial charge in [0.25, 0.3) is 5.91 Å². The highest BCUT2D eigenvalue weighted by molar-refractivity contribution is 5.94. The van der Waals surface area contributed by atoms with E-state index >= 15 is 0 Å². The molecule has 3 aromatic rings. The third-order valence-corrected chi connectivity index (χ3v) is 4.94. The molecule has 0 fully saturated rings. The van der Waals surface area contributed by atoms with Gasteiger partial charge in [0.15, 0.2) is 29.6 Å². The Bertz CT molecular complexity index is 1150. The van der Waals surface area contributed by atoms with E-state index in [0.717, 1.165) is 11.3 Å². The summed E-state index contributed by atoms with van der Waals surface area (Å²) in [6, 6.07) is 19.7. The van der Waals surface area contributed by atoms with E-state index in [1.165, 1.54) is 7.11 Å². The lowest BCUT2D eigenvalue weighted by Gasteiger charge is -2.11. The zero-order valence-electron chi connectivity index (χ0n) is 18.1. The number of nitrogens with one attached hydrogen (secondary N) is 2. The van der Waals surface area contributed by atoms with Crippen molar-refractivity contribution in [2.75, 3.05) is 31.1 Å². The maximum atomic E-state index is 12.4. The Labute approximate surface area is 191 Å². The minimum atomic E-state index is -0.327. The van der Waals surface area contributed by atoms with Crippen LogP contribution in [0.25, 0.3) is 0 Å². The van der Waals surface area contributed by atoms with Crippen LogP contribution in [0.2, 0.25) is 0 Å². The molecule has 0 aromatic heterocycles. The molecule has 0 unspecified atom stereocenters. The third-order valence-electron chi connectivity index (χ3n) is 4.94. The van der Waals surface area contributed by atoms with Gasteiger partial charge < -0.3 is 29.6 Å². The van der Waals surface area contributed by atoms with E-state index in [9.17, 15) is 9.59 Å². The highest BCUT2D eigenvalue weighted by Crippen LogP contribution is 2.32. The number of hydrogen-bond donors (Lipinski definition) is 2. The Morgan fingerprint density at radius 2 is 1.58 bits per heavy atom. The number of ether oxygens (including phenoxy) is 4. The molecule has 33 heavy (non-hydrogen) atoms. The van der Waals surface area contributed by atoms with Crippen molar-refractivity contribution < 1.29 is 28.5 Å². The summed E-state index contributed by atoms with van der Waals surface area (Å²) in [6.07, 6.45) is 0.877. The van der Waals surface area contributed by atoms with Crippen LogP contribution in [-0.2, 0) is 16.0 Å². The van der Waals surface area contributed by atoms with Crippen molar-refractivity contribution in [3.8, 4) is 23.0 Å². The van der Waals surface area contributed by atoms with Crippen molar-refractivity contribution in [1.29, 1.82) is 0 Å². The first-order chi connectivity index (χ1) is 16.1. The number of anilines is 2. The van der Waals surface area contributed by atoms with Crippen molar-refractivity contribution in [1.82, 2.24) is 0 Å². The Kier molecular flexibility index (Phi) is 6.94. The summed E-state index contributed by atoms with van der Waals surface area (Å²) >= 11 is 0. The standard InChI is InChI=1S/C25H24N2O6/c1-30-20-7-2-3-8-21(20)31-15-25(29)27-19-6-4-5-18(14-19)26-24(28)12-10-17-9-11-22-23(13-17)33-16-32-22/h2-9,11,13-14H,10,12,15-16H2,1H3,(H,26,28)(H,27,29). The number of methoxy groups -OCH3 is 1. The number of benzene rings is 3. The second-order valence-electron chi connectivity index (χ2n) is 7.30. The number of rotatable bonds is 9. The smallest absolute Gasteiger partial charge is 0.262 e. The first-order valence-electron chi connectivity index (χ1n) is 10.4. The average Bonchev–Trinajstić information content (AvgIpc) is 3.30. The van der Waals surface area contributed by atoms with Gasteiger partial charge in [-0.15, -0.1) is 0 Å². The van der Waals surface area contributed by atoms with Crippen LogP contribution in [-0.4, -0.2) is 32.3 Å². The fourth-order valence-electron chi connectivity index (χ4n) is 3.33. The van der Waals surface area contributed by atoms with Gasteiger partial charge in [-0.1, -0.05) is 24.3 Å². The van der Waals surface area contributed by atoms with E-state index in [1.807, 2.05) is 24.3 Å². The lowest BCUT2D eigenvalue weighted by Crippen LogP contribution is -2.20. The number of fused-ring (bicyclic) bond motifs is 1. The maximum absolute atomic E-state index is 12.4. The van der Waals surface area contributed by atoms with Crippen LogP contribution in [0.1, 0.15) is 12.0 Å². The monoisotopic (exact) mass is 448 g/mol. The van der Waals surface area contributed by atoms with Crippen LogP contribution < -0.4 is 29.6 Å². The topological polar surface area (TPSA) is 95.1 Å². The summed E-state index contributed by atoms with van der Waals surface area (Å²) in [6.45, 7) is 0.0468. The zero-order valence-corrected chi connectivity index (χ0v) is 18.1. The van der Waals surface area contributed by atoms with Gasteiger partial charge in [0.05, 0.1) is 7.11 Å². The Balaban J connectivity index is 1.26. The minimum absolute atomic E-state index is 0.129.